The fraction of sp³-hybridized carbons (Fsp3) is 0.875. The fourth-order valence-electron chi connectivity index (χ4n) is 0.938. The second kappa shape index (κ2) is 6.00. The van der Waals surface area contributed by atoms with Gasteiger partial charge in [0.2, 0.25) is 0 Å². The first-order valence-corrected chi connectivity index (χ1v) is 5.16. The van der Waals surface area contributed by atoms with Gasteiger partial charge in [-0.1, -0.05) is 0 Å². The lowest BCUT2D eigenvalue weighted by molar-refractivity contribution is -0.395. The predicted molar refractivity (Wildman–Crippen MR) is 45.4 cm³/mol. The summed E-state index contributed by atoms with van der Waals surface area (Å²) in [5.41, 5.74) is 0. The smallest absolute Gasteiger partial charge is 0.190 e. The molecular weight excluding hydrogens is 433 g/mol. The highest BCUT2D eigenvalue weighted by Gasteiger charge is 2.83. The molecule has 0 aliphatic heterocycles. The second-order valence-electron chi connectivity index (χ2n) is 4.24. The Kier molecular flexibility index (Phi) is 5.65. The van der Waals surface area contributed by atoms with E-state index in [1.807, 2.05) is 0 Å². The molecule has 1 nitrogen and oxygen atoms in total. The summed E-state index contributed by atoms with van der Waals surface area (Å²) in [6.45, 7) is 0. The highest BCUT2D eigenvalue weighted by molar-refractivity contribution is 5.84. The van der Waals surface area contributed by atoms with Crippen LogP contribution in [0.5, 0.6) is 0 Å². The quantitative estimate of drug-likeness (QED) is 0.304. The zero-order chi connectivity index (χ0) is 21.8. The van der Waals surface area contributed by atoms with E-state index < -0.39 is 48.1 Å². The predicted octanol–water partition coefficient (Wildman–Crippen LogP) is 5.61. The molecule has 0 spiro atoms. The van der Waals surface area contributed by atoms with Crippen LogP contribution in [0, 0.1) is 0 Å². The first-order valence-electron chi connectivity index (χ1n) is 5.16. The summed E-state index contributed by atoms with van der Waals surface area (Å²) in [4.78, 5) is -0.0315. The highest BCUT2D eigenvalue weighted by Crippen LogP contribution is 2.54. The molecule has 0 atom stereocenters. The summed E-state index contributed by atoms with van der Waals surface area (Å²) in [5.74, 6) is -35.6. The van der Waals surface area contributed by atoms with Gasteiger partial charge in [-0.15, -0.1) is 0 Å². The summed E-state index contributed by atoms with van der Waals surface area (Å²) in [6, 6.07) is -7.51. The molecule has 26 heavy (non-hydrogen) atoms. The van der Waals surface area contributed by atoms with Crippen molar-refractivity contribution >= 4 is 5.97 Å². The van der Waals surface area contributed by atoms with Gasteiger partial charge in [0.25, 0.3) is 5.97 Å². The Morgan fingerprint density at radius 2 is 0.769 bits per heavy atom. The average molecular weight is 433 g/mol. The summed E-state index contributed by atoms with van der Waals surface area (Å²) in [6.07, 6.45) is -14.9. The molecule has 0 amide bonds. The Morgan fingerprint density at radius 3 is 1.04 bits per heavy atom. The van der Waals surface area contributed by atoms with Crippen LogP contribution in [0.2, 0.25) is 0 Å². The molecule has 18 heteroatoms. The minimum atomic E-state index is -7.85. The molecule has 0 heterocycles. The summed E-state index contributed by atoms with van der Waals surface area (Å²) in [7, 11) is 0. The molecule has 0 saturated heterocycles. The van der Waals surface area contributed by atoms with Crippen molar-refractivity contribution in [3.05, 3.63) is 0 Å². The zero-order valence-corrected chi connectivity index (χ0v) is 10.9. The van der Waals surface area contributed by atoms with E-state index in [2.05, 4.69) is 0 Å². The molecule has 0 rings (SSSR count). The maximum Gasteiger partial charge on any atom is 0.460 e. The highest BCUT2D eigenvalue weighted by atomic mass is 19.4. The standard InChI is InChI=1S/C8F17N/c9-1(2(10,11)3(12,13)6(18,19)20)26-8(24,25)5(16,17)4(14,15)7(21,22)23/b26-1+. The van der Waals surface area contributed by atoms with E-state index in [9.17, 15) is 74.6 Å². The topological polar surface area (TPSA) is 12.4 Å². The van der Waals surface area contributed by atoms with Gasteiger partial charge in [0.05, 0.1) is 0 Å². The van der Waals surface area contributed by atoms with Crippen LogP contribution in [0.25, 0.3) is 0 Å². The molecule has 0 aromatic rings. The van der Waals surface area contributed by atoms with Crippen molar-refractivity contribution < 1.29 is 74.6 Å². The molecule has 0 aliphatic rings. The Balaban J connectivity index is 6.28. The van der Waals surface area contributed by atoms with Gasteiger partial charge in [0.15, 0.2) is 0 Å². The van der Waals surface area contributed by atoms with Crippen molar-refractivity contribution in [3.63, 3.8) is 0 Å². The van der Waals surface area contributed by atoms with Gasteiger partial charge in [0, 0.05) is 0 Å². The molecule has 0 aliphatic carbocycles. The van der Waals surface area contributed by atoms with E-state index in [-0.39, 0.29) is 4.99 Å². The van der Waals surface area contributed by atoms with E-state index in [1.165, 1.54) is 0 Å². The number of aliphatic imine (C=N–C) groups is 1. The number of halogens is 17. The van der Waals surface area contributed by atoms with Crippen LogP contribution in [0.3, 0.4) is 0 Å². The molecule has 0 aromatic heterocycles. The number of hydrogen-bond donors (Lipinski definition) is 0. The lowest BCUT2D eigenvalue weighted by atomic mass is 10.1. The first-order chi connectivity index (χ1) is 10.9. The lowest BCUT2D eigenvalue weighted by Crippen LogP contribution is -2.61. The van der Waals surface area contributed by atoms with Crippen LogP contribution in [0.4, 0.5) is 74.6 Å². The van der Waals surface area contributed by atoms with E-state index in [1.54, 1.807) is 0 Å². The summed E-state index contributed by atoms with van der Waals surface area (Å²) >= 11 is 0. The molecule has 0 bridgehead atoms. The zero-order valence-electron chi connectivity index (χ0n) is 10.9. The SMILES string of the molecule is F/C(=N/C(F)(F)C(F)(F)C(F)(F)C(F)(F)F)C(F)(F)C(F)(F)C(F)(F)F. The molecule has 0 saturated carbocycles. The molecule has 0 radical (unpaired) electrons. The van der Waals surface area contributed by atoms with Crippen molar-refractivity contribution in [2.75, 3.05) is 0 Å². The van der Waals surface area contributed by atoms with Crippen molar-refractivity contribution in [3.8, 4) is 0 Å². The van der Waals surface area contributed by atoms with Gasteiger partial charge in [-0.05, 0) is 0 Å². The van der Waals surface area contributed by atoms with Crippen molar-refractivity contribution in [1.29, 1.82) is 0 Å². The van der Waals surface area contributed by atoms with Crippen LogP contribution in [-0.4, -0.2) is 48.1 Å². The third-order valence-corrected chi connectivity index (χ3v) is 2.38. The van der Waals surface area contributed by atoms with Crippen LogP contribution in [-0.2, 0) is 0 Å². The molecule has 156 valence electrons. The minimum absolute atomic E-state index is 0.0315. The third kappa shape index (κ3) is 3.49. The van der Waals surface area contributed by atoms with Crippen molar-refractivity contribution in [2.45, 2.75) is 42.1 Å². The van der Waals surface area contributed by atoms with E-state index in [0.717, 1.165) is 0 Å². The average Bonchev–Trinajstić information content (AvgIpc) is 2.34. The maximum atomic E-state index is 12.7. The second-order valence-corrected chi connectivity index (χ2v) is 4.24. The number of hydrogen-bond acceptors (Lipinski definition) is 1. The van der Waals surface area contributed by atoms with E-state index in [4.69, 9.17) is 0 Å². The Bertz CT molecular complexity index is 548. The molecule has 0 N–H and O–H groups in total. The Hall–Kier alpha value is -1.52. The monoisotopic (exact) mass is 433 g/mol. The number of nitrogens with zero attached hydrogens (tertiary/aromatic N) is 1. The lowest BCUT2D eigenvalue weighted by Gasteiger charge is -2.32. The van der Waals surface area contributed by atoms with Gasteiger partial charge in [-0.25, -0.2) is 0 Å². The fourth-order valence-corrected chi connectivity index (χ4v) is 0.938. The molecule has 0 aromatic carbocycles. The van der Waals surface area contributed by atoms with Crippen molar-refractivity contribution in [1.82, 2.24) is 0 Å². The van der Waals surface area contributed by atoms with E-state index >= 15 is 0 Å². The van der Waals surface area contributed by atoms with Gasteiger partial charge >= 0.3 is 42.1 Å². The Morgan fingerprint density at radius 1 is 0.462 bits per heavy atom. The third-order valence-electron chi connectivity index (χ3n) is 2.38. The summed E-state index contributed by atoms with van der Waals surface area (Å²) < 4.78 is 207. The van der Waals surface area contributed by atoms with E-state index in [0.29, 0.717) is 0 Å². The molecular formula is C8F17N. The normalized spacial score (nSPS) is 16.9. The van der Waals surface area contributed by atoms with Crippen molar-refractivity contribution in [2.24, 2.45) is 4.99 Å². The van der Waals surface area contributed by atoms with Gasteiger partial charge in [-0.3, -0.25) is 0 Å². The van der Waals surface area contributed by atoms with Crippen LogP contribution in [0.15, 0.2) is 4.99 Å². The largest absolute Gasteiger partial charge is 0.460 e. The van der Waals surface area contributed by atoms with Gasteiger partial charge < -0.3 is 0 Å². The van der Waals surface area contributed by atoms with Gasteiger partial charge in [-0.2, -0.15) is 79.6 Å². The molecule has 0 unspecified atom stereocenters. The van der Waals surface area contributed by atoms with Crippen LogP contribution < -0.4 is 0 Å². The minimum Gasteiger partial charge on any atom is -0.190 e. The number of rotatable bonds is 5. The number of alkyl halides is 16. The Labute approximate surface area is 129 Å². The van der Waals surface area contributed by atoms with Crippen LogP contribution in [0.1, 0.15) is 0 Å². The first kappa shape index (κ1) is 24.5. The maximum absolute atomic E-state index is 12.7. The van der Waals surface area contributed by atoms with Crippen LogP contribution >= 0.6 is 0 Å². The van der Waals surface area contributed by atoms with Gasteiger partial charge in [0.1, 0.15) is 0 Å². The summed E-state index contributed by atoms with van der Waals surface area (Å²) in [5, 5.41) is 0. The molecule has 0 fully saturated rings.